The number of hydrogen-bond acceptors (Lipinski definition) is 8. The van der Waals surface area contributed by atoms with Crippen LogP contribution in [0.15, 0.2) is 5.16 Å². The summed E-state index contributed by atoms with van der Waals surface area (Å²) < 4.78 is 10.4. The highest BCUT2D eigenvalue weighted by molar-refractivity contribution is 7.99. The molecule has 9 heteroatoms. The van der Waals surface area contributed by atoms with E-state index in [0.717, 1.165) is 0 Å². The van der Waals surface area contributed by atoms with E-state index in [9.17, 15) is 9.59 Å². The number of methoxy groups -OCH3 is 2. The van der Waals surface area contributed by atoms with Gasteiger partial charge in [-0.1, -0.05) is 11.8 Å². The zero-order valence-electron chi connectivity index (χ0n) is 10.2. The van der Waals surface area contributed by atoms with Gasteiger partial charge in [-0.3, -0.25) is 9.59 Å². The van der Waals surface area contributed by atoms with E-state index in [4.69, 9.17) is 0 Å². The molecule has 0 N–H and O–H groups in total. The van der Waals surface area contributed by atoms with Crippen LogP contribution < -0.4 is 0 Å². The highest BCUT2D eigenvalue weighted by Gasteiger charge is 2.11. The smallest absolute Gasteiger partial charge is 0.327 e. The van der Waals surface area contributed by atoms with Crippen LogP contribution in [0.25, 0.3) is 0 Å². The second-order valence-electron chi connectivity index (χ2n) is 3.22. The van der Waals surface area contributed by atoms with Crippen molar-refractivity contribution in [3.05, 3.63) is 0 Å². The van der Waals surface area contributed by atoms with Crippen LogP contribution in [0.3, 0.4) is 0 Å². The van der Waals surface area contributed by atoms with E-state index in [1.807, 2.05) is 0 Å². The molecule has 0 saturated carbocycles. The standard InChI is InChI=1S/C9H14N4O4S/c1-16-7(14)4-3-5-18-9-10-11-12-13(9)6-8(15)17-2/h3-6H2,1-2H3. The van der Waals surface area contributed by atoms with Gasteiger partial charge in [0.1, 0.15) is 6.54 Å². The first-order valence-corrected chi connectivity index (χ1v) is 6.18. The zero-order chi connectivity index (χ0) is 13.4. The average Bonchev–Trinajstić information content (AvgIpc) is 2.81. The molecule has 1 heterocycles. The largest absolute Gasteiger partial charge is 0.469 e. The van der Waals surface area contributed by atoms with Crippen molar-refractivity contribution in [2.45, 2.75) is 24.5 Å². The third-order valence-electron chi connectivity index (χ3n) is 1.99. The number of nitrogens with zero attached hydrogens (tertiary/aromatic N) is 4. The molecule has 0 unspecified atom stereocenters. The van der Waals surface area contributed by atoms with Gasteiger partial charge in [0.2, 0.25) is 5.16 Å². The van der Waals surface area contributed by atoms with Crippen LogP contribution >= 0.6 is 11.8 Å². The Morgan fingerprint density at radius 3 is 2.67 bits per heavy atom. The number of rotatable bonds is 7. The Morgan fingerprint density at radius 1 is 1.28 bits per heavy atom. The number of tetrazole rings is 1. The average molecular weight is 274 g/mol. The second-order valence-corrected chi connectivity index (χ2v) is 4.29. The summed E-state index contributed by atoms with van der Waals surface area (Å²) in [6.45, 7) is -0.0250. The van der Waals surface area contributed by atoms with Gasteiger partial charge >= 0.3 is 11.9 Å². The summed E-state index contributed by atoms with van der Waals surface area (Å²) in [5.41, 5.74) is 0. The second kappa shape index (κ2) is 7.64. The normalized spacial score (nSPS) is 10.1. The first-order valence-electron chi connectivity index (χ1n) is 5.20. The van der Waals surface area contributed by atoms with E-state index < -0.39 is 5.97 Å². The van der Waals surface area contributed by atoms with Gasteiger partial charge in [0.25, 0.3) is 0 Å². The number of carbonyl (C=O) groups excluding carboxylic acids is 2. The monoisotopic (exact) mass is 274 g/mol. The number of aromatic nitrogens is 4. The number of carbonyl (C=O) groups is 2. The molecule has 8 nitrogen and oxygen atoms in total. The van der Waals surface area contributed by atoms with Crippen molar-refractivity contribution in [2.24, 2.45) is 0 Å². The minimum atomic E-state index is -0.418. The maximum absolute atomic E-state index is 11.1. The zero-order valence-corrected chi connectivity index (χ0v) is 11.0. The van der Waals surface area contributed by atoms with E-state index in [0.29, 0.717) is 23.8 Å². The maximum Gasteiger partial charge on any atom is 0.327 e. The first kappa shape index (κ1) is 14.4. The van der Waals surface area contributed by atoms with Gasteiger partial charge in [-0.15, -0.1) is 5.10 Å². The highest BCUT2D eigenvalue weighted by atomic mass is 32.2. The lowest BCUT2D eigenvalue weighted by Crippen LogP contribution is -2.13. The molecule has 0 atom stereocenters. The fourth-order valence-corrected chi connectivity index (χ4v) is 1.88. The Kier molecular flexibility index (Phi) is 6.12. The van der Waals surface area contributed by atoms with Crippen LogP contribution in [0.4, 0.5) is 0 Å². The van der Waals surface area contributed by atoms with Gasteiger partial charge < -0.3 is 9.47 Å². The molecule has 100 valence electrons. The number of esters is 2. The van der Waals surface area contributed by atoms with Crippen molar-refractivity contribution in [2.75, 3.05) is 20.0 Å². The van der Waals surface area contributed by atoms with Crippen LogP contribution in [-0.2, 0) is 25.6 Å². The first-order chi connectivity index (χ1) is 8.67. The number of ether oxygens (including phenoxy) is 2. The summed E-state index contributed by atoms with van der Waals surface area (Å²) in [7, 11) is 2.66. The Labute approximate surface area is 108 Å². The summed E-state index contributed by atoms with van der Waals surface area (Å²) in [5.74, 6) is -0.000121. The van der Waals surface area contributed by atoms with Gasteiger partial charge in [-0.05, 0) is 16.8 Å². The molecule has 0 aliphatic heterocycles. The molecule has 0 spiro atoms. The molecule has 0 amide bonds. The van der Waals surface area contributed by atoms with Gasteiger partial charge in [-0.25, -0.2) is 4.68 Å². The third-order valence-corrected chi connectivity index (χ3v) is 3.03. The summed E-state index contributed by atoms with van der Waals surface area (Å²) in [6.07, 6.45) is 1.00. The SMILES string of the molecule is COC(=O)CCCSc1nnnn1CC(=O)OC. The predicted octanol–water partition coefficient (Wildman–Crippen LogP) is -0.109. The van der Waals surface area contributed by atoms with Crippen LogP contribution in [0, 0.1) is 0 Å². The Balaban J connectivity index is 2.36. The van der Waals surface area contributed by atoms with Crippen molar-refractivity contribution in [1.29, 1.82) is 0 Å². The maximum atomic E-state index is 11.1. The number of hydrogen-bond donors (Lipinski definition) is 0. The summed E-state index contributed by atoms with van der Waals surface area (Å²) in [5, 5.41) is 11.5. The minimum Gasteiger partial charge on any atom is -0.469 e. The molecule has 0 radical (unpaired) electrons. The van der Waals surface area contributed by atoms with E-state index >= 15 is 0 Å². The van der Waals surface area contributed by atoms with Crippen molar-refractivity contribution >= 4 is 23.7 Å². The topological polar surface area (TPSA) is 96.2 Å². The molecule has 0 aliphatic rings. The molecule has 18 heavy (non-hydrogen) atoms. The Hall–Kier alpha value is -1.64. The van der Waals surface area contributed by atoms with Gasteiger partial charge in [0.05, 0.1) is 14.2 Å². The lowest BCUT2D eigenvalue weighted by atomic mass is 10.3. The quantitative estimate of drug-likeness (QED) is 0.386. The molecule has 1 aromatic heterocycles. The van der Waals surface area contributed by atoms with E-state index in [-0.39, 0.29) is 12.5 Å². The number of thioether (sulfide) groups is 1. The van der Waals surface area contributed by atoms with Gasteiger partial charge in [0, 0.05) is 12.2 Å². The molecule has 1 aromatic rings. The molecule has 0 bridgehead atoms. The molecule has 1 rings (SSSR count). The highest BCUT2D eigenvalue weighted by Crippen LogP contribution is 2.15. The molecular weight excluding hydrogens is 260 g/mol. The van der Waals surface area contributed by atoms with Crippen molar-refractivity contribution < 1.29 is 19.1 Å². The van der Waals surface area contributed by atoms with Crippen molar-refractivity contribution in [1.82, 2.24) is 20.2 Å². The van der Waals surface area contributed by atoms with Crippen LogP contribution in [0.1, 0.15) is 12.8 Å². The van der Waals surface area contributed by atoms with E-state index in [1.54, 1.807) is 0 Å². The lowest BCUT2D eigenvalue weighted by molar-refractivity contribution is -0.142. The van der Waals surface area contributed by atoms with Gasteiger partial charge in [0.15, 0.2) is 0 Å². The minimum absolute atomic E-state index is 0.0250. The van der Waals surface area contributed by atoms with Crippen LogP contribution in [-0.4, -0.2) is 52.1 Å². The van der Waals surface area contributed by atoms with Gasteiger partial charge in [-0.2, -0.15) is 0 Å². The van der Waals surface area contributed by atoms with E-state index in [2.05, 4.69) is 25.0 Å². The summed E-state index contributed by atoms with van der Waals surface area (Å²) >= 11 is 1.37. The van der Waals surface area contributed by atoms with Crippen molar-refractivity contribution in [3.63, 3.8) is 0 Å². The van der Waals surface area contributed by atoms with Crippen LogP contribution in [0.2, 0.25) is 0 Å². The lowest BCUT2D eigenvalue weighted by Gasteiger charge is -2.02. The summed E-state index contributed by atoms with van der Waals surface area (Å²) in [6, 6.07) is 0. The molecular formula is C9H14N4O4S. The third kappa shape index (κ3) is 4.70. The molecule has 0 aromatic carbocycles. The Morgan fingerprint density at radius 2 is 2.00 bits per heavy atom. The molecule has 0 saturated heterocycles. The predicted molar refractivity (Wildman–Crippen MR) is 61.8 cm³/mol. The van der Waals surface area contributed by atoms with E-state index in [1.165, 1.54) is 30.7 Å². The molecule has 0 fully saturated rings. The molecule has 0 aliphatic carbocycles. The fourth-order valence-electron chi connectivity index (χ4n) is 1.07. The Bertz CT molecular complexity index is 409. The fraction of sp³-hybridized carbons (Fsp3) is 0.667. The summed E-state index contributed by atoms with van der Waals surface area (Å²) in [4.78, 5) is 22.0. The van der Waals surface area contributed by atoms with Crippen molar-refractivity contribution in [3.8, 4) is 0 Å². The van der Waals surface area contributed by atoms with Crippen LogP contribution in [0.5, 0.6) is 0 Å².